The van der Waals surface area contributed by atoms with Gasteiger partial charge < -0.3 is 4.18 Å². The second kappa shape index (κ2) is 5.01. The Labute approximate surface area is 111 Å². The smallest absolute Gasteiger partial charge is 0.339 e. The van der Waals surface area contributed by atoms with Gasteiger partial charge in [-0.1, -0.05) is 6.07 Å². The second-order valence-corrected chi connectivity index (χ2v) is 5.86. The van der Waals surface area contributed by atoms with Crippen LogP contribution in [0.4, 0.5) is 4.39 Å². The molecule has 100 valence electrons. The van der Waals surface area contributed by atoms with Gasteiger partial charge in [-0.05, 0) is 61.4 Å². The molecule has 0 heterocycles. The normalized spacial score (nSPS) is 11.3. The van der Waals surface area contributed by atoms with Crippen LogP contribution in [0.5, 0.6) is 5.75 Å². The first-order chi connectivity index (χ1) is 8.87. The monoisotopic (exact) mass is 280 g/mol. The minimum atomic E-state index is -3.93. The van der Waals surface area contributed by atoms with Crippen molar-refractivity contribution in [1.29, 1.82) is 0 Å². The van der Waals surface area contributed by atoms with Gasteiger partial charge in [-0.15, -0.1) is 0 Å². The van der Waals surface area contributed by atoms with E-state index in [-0.39, 0.29) is 10.6 Å². The van der Waals surface area contributed by atoms with Crippen LogP contribution in [0.2, 0.25) is 0 Å². The van der Waals surface area contributed by atoms with Gasteiger partial charge in [-0.2, -0.15) is 8.42 Å². The highest BCUT2D eigenvalue weighted by atomic mass is 32.2. The molecule has 0 unspecified atom stereocenters. The Morgan fingerprint density at radius 1 is 0.947 bits per heavy atom. The van der Waals surface area contributed by atoms with Crippen molar-refractivity contribution in [3.05, 3.63) is 59.4 Å². The molecular formula is C14H13FO3S. The van der Waals surface area contributed by atoms with Crippen molar-refractivity contribution >= 4 is 10.1 Å². The van der Waals surface area contributed by atoms with E-state index in [1.807, 2.05) is 19.9 Å². The molecule has 2 rings (SSSR count). The van der Waals surface area contributed by atoms with Crippen LogP contribution in [0.25, 0.3) is 0 Å². The molecule has 0 atom stereocenters. The number of hydrogen-bond acceptors (Lipinski definition) is 3. The highest BCUT2D eigenvalue weighted by Crippen LogP contribution is 2.21. The van der Waals surface area contributed by atoms with Gasteiger partial charge in [0.05, 0.1) is 0 Å². The van der Waals surface area contributed by atoms with Gasteiger partial charge in [0, 0.05) is 0 Å². The van der Waals surface area contributed by atoms with Gasteiger partial charge >= 0.3 is 10.1 Å². The molecule has 0 radical (unpaired) electrons. The second-order valence-electron chi connectivity index (χ2n) is 4.31. The van der Waals surface area contributed by atoms with E-state index in [2.05, 4.69) is 0 Å². The predicted molar refractivity (Wildman–Crippen MR) is 70.1 cm³/mol. The standard InChI is InChI=1S/C14H13FO3S/c1-10-7-11(2)9-13(8-10)18-19(16,17)14-5-3-12(15)4-6-14/h3-9H,1-2H3. The molecule has 2 aromatic carbocycles. The van der Waals surface area contributed by atoms with Crippen molar-refractivity contribution in [2.24, 2.45) is 0 Å². The Morgan fingerprint density at radius 2 is 1.47 bits per heavy atom. The summed E-state index contributed by atoms with van der Waals surface area (Å²) >= 11 is 0. The third kappa shape index (κ3) is 3.32. The summed E-state index contributed by atoms with van der Waals surface area (Å²) in [4.78, 5) is -0.0759. The van der Waals surface area contributed by atoms with Crippen LogP contribution >= 0.6 is 0 Å². The molecule has 0 aliphatic heterocycles. The van der Waals surface area contributed by atoms with Gasteiger partial charge in [0.1, 0.15) is 16.5 Å². The number of aryl methyl sites for hydroxylation is 2. The minimum Gasteiger partial charge on any atom is -0.379 e. The van der Waals surface area contributed by atoms with E-state index in [1.54, 1.807) is 12.1 Å². The zero-order valence-corrected chi connectivity index (χ0v) is 11.4. The van der Waals surface area contributed by atoms with Crippen molar-refractivity contribution in [3.63, 3.8) is 0 Å². The lowest BCUT2D eigenvalue weighted by Crippen LogP contribution is -2.09. The lowest BCUT2D eigenvalue weighted by atomic mass is 10.1. The van der Waals surface area contributed by atoms with Crippen LogP contribution in [-0.4, -0.2) is 8.42 Å². The van der Waals surface area contributed by atoms with E-state index in [0.717, 1.165) is 23.3 Å². The Kier molecular flexibility index (Phi) is 3.57. The first-order valence-electron chi connectivity index (χ1n) is 5.65. The zero-order valence-electron chi connectivity index (χ0n) is 10.6. The van der Waals surface area contributed by atoms with E-state index >= 15 is 0 Å². The molecule has 0 aliphatic rings. The molecule has 0 aliphatic carbocycles. The van der Waals surface area contributed by atoms with Crippen LogP contribution < -0.4 is 4.18 Å². The first kappa shape index (κ1) is 13.5. The van der Waals surface area contributed by atoms with E-state index < -0.39 is 15.9 Å². The number of hydrogen-bond donors (Lipinski definition) is 0. The van der Waals surface area contributed by atoms with Crippen LogP contribution in [0.1, 0.15) is 11.1 Å². The number of rotatable bonds is 3. The summed E-state index contributed by atoms with van der Waals surface area (Å²) in [6.07, 6.45) is 0. The lowest BCUT2D eigenvalue weighted by molar-refractivity contribution is 0.485. The summed E-state index contributed by atoms with van der Waals surface area (Å²) in [6, 6.07) is 9.69. The molecule has 3 nitrogen and oxygen atoms in total. The third-order valence-corrected chi connectivity index (χ3v) is 3.76. The molecule has 0 fully saturated rings. The Hall–Kier alpha value is -1.88. The topological polar surface area (TPSA) is 43.4 Å². The Bertz CT molecular complexity index is 671. The van der Waals surface area contributed by atoms with Gasteiger partial charge in [-0.3, -0.25) is 0 Å². The Morgan fingerprint density at radius 3 is 2.00 bits per heavy atom. The maximum Gasteiger partial charge on any atom is 0.339 e. The average Bonchev–Trinajstić information content (AvgIpc) is 2.27. The molecule has 0 N–H and O–H groups in total. The molecule has 0 aromatic heterocycles. The maximum absolute atomic E-state index is 12.8. The molecule has 0 saturated heterocycles. The molecule has 0 spiro atoms. The summed E-state index contributed by atoms with van der Waals surface area (Å²) in [5, 5.41) is 0. The zero-order chi connectivity index (χ0) is 14.0. The highest BCUT2D eigenvalue weighted by molar-refractivity contribution is 7.87. The van der Waals surface area contributed by atoms with Gasteiger partial charge in [0.15, 0.2) is 0 Å². The van der Waals surface area contributed by atoms with E-state index in [0.29, 0.717) is 0 Å². The van der Waals surface area contributed by atoms with Crippen molar-refractivity contribution in [2.75, 3.05) is 0 Å². The maximum atomic E-state index is 12.8. The molecule has 0 saturated carbocycles. The highest BCUT2D eigenvalue weighted by Gasteiger charge is 2.16. The van der Waals surface area contributed by atoms with Crippen molar-refractivity contribution < 1.29 is 17.0 Å². The quantitative estimate of drug-likeness (QED) is 0.811. The summed E-state index contributed by atoms with van der Waals surface area (Å²) in [5.41, 5.74) is 1.81. The Balaban J connectivity index is 2.33. The summed E-state index contributed by atoms with van der Waals surface area (Å²) in [6.45, 7) is 3.70. The molecular weight excluding hydrogens is 267 g/mol. The molecule has 2 aromatic rings. The fourth-order valence-electron chi connectivity index (χ4n) is 1.76. The summed E-state index contributed by atoms with van der Waals surface area (Å²) < 4.78 is 41.8. The lowest BCUT2D eigenvalue weighted by Gasteiger charge is -2.08. The average molecular weight is 280 g/mol. The van der Waals surface area contributed by atoms with Gasteiger partial charge in [0.25, 0.3) is 0 Å². The first-order valence-corrected chi connectivity index (χ1v) is 7.06. The molecule has 19 heavy (non-hydrogen) atoms. The van der Waals surface area contributed by atoms with E-state index in [4.69, 9.17) is 4.18 Å². The number of benzene rings is 2. The van der Waals surface area contributed by atoms with Crippen LogP contribution in [0.15, 0.2) is 47.4 Å². The SMILES string of the molecule is Cc1cc(C)cc(OS(=O)(=O)c2ccc(F)cc2)c1. The van der Waals surface area contributed by atoms with E-state index in [9.17, 15) is 12.8 Å². The largest absolute Gasteiger partial charge is 0.379 e. The van der Waals surface area contributed by atoms with E-state index in [1.165, 1.54) is 12.1 Å². The number of halogens is 1. The van der Waals surface area contributed by atoms with Crippen molar-refractivity contribution in [2.45, 2.75) is 18.7 Å². The summed E-state index contributed by atoms with van der Waals surface area (Å²) in [7, 11) is -3.93. The van der Waals surface area contributed by atoms with Crippen LogP contribution in [0.3, 0.4) is 0 Å². The minimum absolute atomic E-state index is 0.0759. The fraction of sp³-hybridized carbons (Fsp3) is 0.143. The third-order valence-electron chi connectivity index (χ3n) is 2.50. The van der Waals surface area contributed by atoms with Crippen LogP contribution in [-0.2, 0) is 10.1 Å². The summed E-state index contributed by atoms with van der Waals surface area (Å²) in [5.74, 6) is -0.243. The predicted octanol–water partition coefficient (Wildman–Crippen LogP) is 3.21. The van der Waals surface area contributed by atoms with Crippen LogP contribution in [0, 0.1) is 19.7 Å². The fourth-order valence-corrected chi connectivity index (χ4v) is 2.67. The van der Waals surface area contributed by atoms with Crippen molar-refractivity contribution in [1.82, 2.24) is 0 Å². The molecule has 0 amide bonds. The van der Waals surface area contributed by atoms with Gasteiger partial charge in [0.2, 0.25) is 0 Å². The van der Waals surface area contributed by atoms with Crippen molar-refractivity contribution in [3.8, 4) is 5.75 Å². The molecule has 0 bridgehead atoms. The molecule has 5 heteroatoms. The van der Waals surface area contributed by atoms with Gasteiger partial charge in [-0.25, -0.2) is 4.39 Å².